The normalized spacial score (nSPS) is 13.7. The fourth-order valence-corrected chi connectivity index (χ4v) is 4.65. The lowest BCUT2D eigenvalue weighted by Crippen LogP contribution is -2.41. The first-order valence-electron chi connectivity index (χ1n) is 9.92. The molecule has 33 heavy (non-hydrogen) atoms. The van der Waals surface area contributed by atoms with E-state index in [1.807, 2.05) is 18.2 Å². The van der Waals surface area contributed by atoms with E-state index in [-0.39, 0.29) is 11.5 Å². The van der Waals surface area contributed by atoms with Crippen molar-refractivity contribution in [3.63, 3.8) is 0 Å². The third-order valence-electron chi connectivity index (χ3n) is 5.59. The second kappa shape index (κ2) is 7.51. The fourth-order valence-electron chi connectivity index (χ4n) is 4.05. The number of rotatable bonds is 3. The van der Waals surface area contributed by atoms with E-state index >= 15 is 0 Å². The number of anilines is 1. The van der Waals surface area contributed by atoms with Crippen LogP contribution in [0, 0.1) is 17.1 Å². The minimum atomic E-state index is -4.29. The summed E-state index contributed by atoms with van der Waals surface area (Å²) in [5, 5.41) is 14.6. The van der Waals surface area contributed by atoms with Gasteiger partial charge in [0, 0.05) is 35.3 Å². The first kappa shape index (κ1) is 20.8. The Hall–Kier alpha value is -4.07. The van der Waals surface area contributed by atoms with Crippen LogP contribution in [0.1, 0.15) is 11.4 Å². The number of amides is 1. The SMILES string of the molecule is N#Cc1cccc(-c2ccc(N3CCc4cc5cc(F)c(S(N)(=O)=O)cc5n4C3=O)cc2)n1. The summed E-state index contributed by atoms with van der Waals surface area (Å²) in [7, 11) is -4.29. The molecule has 0 bridgehead atoms. The van der Waals surface area contributed by atoms with E-state index in [4.69, 9.17) is 10.4 Å². The number of nitrogens with two attached hydrogens (primary N) is 1. The molecular weight excluding hydrogens is 445 g/mol. The number of hydrogen-bond donors (Lipinski definition) is 1. The molecule has 164 valence electrons. The van der Waals surface area contributed by atoms with Gasteiger partial charge in [-0.1, -0.05) is 18.2 Å². The smallest absolute Gasteiger partial charge is 0.293 e. The number of aromatic nitrogens is 2. The number of nitriles is 1. The molecule has 0 unspecified atom stereocenters. The monoisotopic (exact) mass is 461 g/mol. The second-order valence-electron chi connectivity index (χ2n) is 7.61. The van der Waals surface area contributed by atoms with Crippen LogP contribution in [-0.4, -0.2) is 30.5 Å². The Bertz CT molecular complexity index is 1590. The van der Waals surface area contributed by atoms with Crippen LogP contribution in [0.2, 0.25) is 0 Å². The van der Waals surface area contributed by atoms with E-state index in [2.05, 4.69) is 4.98 Å². The van der Waals surface area contributed by atoms with Crippen molar-refractivity contribution in [3.8, 4) is 17.3 Å². The number of benzene rings is 2. The summed E-state index contributed by atoms with van der Waals surface area (Å²) in [6.45, 7) is 0.404. The largest absolute Gasteiger partial charge is 0.333 e. The van der Waals surface area contributed by atoms with E-state index in [1.165, 1.54) is 4.57 Å². The molecule has 1 amide bonds. The molecule has 1 aliphatic rings. The van der Waals surface area contributed by atoms with Crippen molar-refractivity contribution in [1.82, 2.24) is 9.55 Å². The Balaban J connectivity index is 1.52. The van der Waals surface area contributed by atoms with Crippen LogP contribution in [0.5, 0.6) is 0 Å². The lowest BCUT2D eigenvalue weighted by Gasteiger charge is -2.29. The predicted molar refractivity (Wildman–Crippen MR) is 120 cm³/mol. The van der Waals surface area contributed by atoms with Crippen molar-refractivity contribution in [1.29, 1.82) is 5.26 Å². The van der Waals surface area contributed by atoms with Crippen LogP contribution < -0.4 is 10.0 Å². The lowest BCUT2D eigenvalue weighted by atomic mass is 10.1. The van der Waals surface area contributed by atoms with Crippen molar-refractivity contribution >= 4 is 32.6 Å². The Labute approximate surface area is 188 Å². The van der Waals surface area contributed by atoms with Gasteiger partial charge >= 0.3 is 6.03 Å². The molecule has 0 spiro atoms. The quantitative estimate of drug-likeness (QED) is 0.501. The highest BCUT2D eigenvalue weighted by molar-refractivity contribution is 7.89. The van der Waals surface area contributed by atoms with E-state index in [1.54, 1.807) is 41.3 Å². The van der Waals surface area contributed by atoms with Gasteiger partial charge in [-0.25, -0.2) is 27.7 Å². The van der Waals surface area contributed by atoms with Crippen LogP contribution in [0.25, 0.3) is 22.2 Å². The van der Waals surface area contributed by atoms with E-state index in [0.29, 0.717) is 41.1 Å². The summed E-state index contributed by atoms with van der Waals surface area (Å²) in [5.41, 5.74) is 3.32. The maximum atomic E-state index is 14.3. The van der Waals surface area contributed by atoms with E-state index in [0.717, 1.165) is 17.7 Å². The van der Waals surface area contributed by atoms with Crippen molar-refractivity contribution in [2.24, 2.45) is 5.14 Å². The average molecular weight is 461 g/mol. The number of pyridine rings is 1. The molecule has 5 rings (SSSR count). The summed E-state index contributed by atoms with van der Waals surface area (Å²) < 4.78 is 39.2. The summed E-state index contributed by atoms with van der Waals surface area (Å²) in [4.78, 5) is 18.5. The molecule has 0 aliphatic carbocycles. The number of fused-ring (bicyclic) bond motifs is 3. The van der Waals surface area contributed by atoms with Crippen LogP contribution >= 0.6 is 0 Å². The van der Waals surface area contributed by atoms with Gasteiger partial charge in [0.05, 0.1) is 11.2 Å². The number of halogens is 1. The Morgan fingerprint density at radius 2 is 1.85 bits per heavy atom. The lowest BCUT2D eigenvalue weighted by molar-refractivity contribution is 0.246. The fraction of sp³-hybridized carbons (Fsp3) is 0.0870. The van der Waals surface area contributed by atoms with Crippen LogP contribution in [0.15, 0.2) is 65.6 Å². The van der Waals surface area contributed by atoms with E-state index in [9.17, 15) is 17.6 Å². The topological polar surface area (TPSA) is 122 Å². The van der Waals surface area contributed by atoms with Gasteiger partial charge in [-0.05, 0) is 42.5 Å². The van der Waals surface area contributed by atoms with Crippen molar-refractivity contribution in [2.45, 2.75) is 11.3 Å². The highest BCUT2D eigenvalue weighted by atomic mass is 32.2. The molecule has 1 aliphatic heterocycles. The molecule has 8 nitrogen and oxygen atoms in total. The number of nitrogens with zero attached hydrogens (tertiary/aromatic N) is 4. The Morgan fingerprint density at radius 1 is 1.09 bits per heavy atom. The summed E-state index contributed by atoms with van der Waals surface area (Å²) in [6.07, 6.45) is 0.500. The zero-order chi connectivity index (χ0) is 23.3. The summed E-state index contributed by atoms with van der Waals surface area (Å²) in [5.74, 6) is -0.957. The van der Waals surface area contributed by atoms with Gasteiger partial charge in [-0.2, -0.15) is 5.26 Å². The number of carbonyl (C=O) groups is 1. The number of sulfonamides is 1. The van der Waals surface area contributed by atoms with E-state index < -0.39 is 20.7 Å². The van der Waals surface area contributed by atoms with Gasteiger partial charge < -0.3 is 0 Å². The van der Waals surface area contributed by atoms with Gasteiger partial charge in [0.25, 0.3) is 0 Å². The Morgan fingerprint density at radius 3 is 2.55 bits per heavy atom. The number of carbonyl (C=O) groups excluding carboxylic acids is 1. The van der Waals surface area contributed by atoms with Crippen LogP contribution in [0.4, 0.5) is 14.9 Å². The molecule has 10 heteroatoms. The molecule has 2 N–H and O–H groups in total. The maximum absolute atomic E-state index is 14.3. The van der Waals surface area contributed by atoms with Gasteiger partial charge in [0.2, 0.25) is 10.0 Å². The summed E-state index contributed by atoms with van der Waals surface area (Å²) in [6, 6.07) is 17.8. The van der Waals surface area contributed by atoms with Crippen LogP contribution in [-0.2, 0) is 16.4 Å². The van der Waals surface area contributed by atoms with Crippen LogP contribution in [0.3, 0.4) is 0 Å². The first-order chi connectivity index (χ1) is 15.8. The molecule has 0 saturated heterocycles. The first-order valence-corrected chi connectivity index (χ1v) is 11.5. The highest BCUT2D eigenvalue weighted by Crippen LogP contribution is 2.31. The maximum Gasteiger partial charge on any atom is 0.333 e. The molecular formula is C23H16FN5O3S. The van der Waals surface area contributed by atoms with Gasteiger partial charge in [0.15, 0.2) is 0 Å². The second-order valence-corrected chi connectivity index (χ2v) is 9.14. The molecule has 2 aromatic carbocycles. The van der Waals surface area contributed by atoms with Gasteiger partial charge in [-0.15, -0.1) is 0 Å². The average Bonchev–Trinajstić information content (AvgIpc) is 3.16. The molecule has 2 aromatic heterocycles. The zero-order valence-electron chi connectivity index (χ0n) is 17.1. The standard InChI is InChI=1S/C23H16FN5O3S/c24-19-11-15-10-18-8-9-28(23(30)29(18)21(15)12-22(19)33(26,31)32)17-6-4-14(5-7-17)20-3-1-2-16(13-25)27-20/h1-7,10-12H,8-9H2,(H2,26,31,32). The molecule has 0 saturated carbocycles. The van der Waals surface area contributed by atoms with Crippen molar-refractivity contribution < 1.29 is 17.6 Å². The number of hydrogen-bond acceptors (Lipinski definition) is 5. The zero-order valence-corrected chi connectivity index (χ0v) is 17.9. The minimum absolute atomic E-state index is 0.277. The molecule has 0 atom stereocenters. The predicted octanol–water partition coefficient (Wildman–Crippen LogP) is 3.39. The molecule has 4 aromatic rings. The van der Waals surface area contributed by atoms with Crippen molar-refractivity contribution in [2.75, 3.05) is 11.4 Å². The van der Waals surface area contributed by atoms with Gasteiger partial charge in [-0.3, -0.25) is 9.47 Å². The molecule has 3 heterocycles. The minimum Gasteiger partial charge on any atom is -0.293 e. The third kappa shape index (κ3) is 3.53. The van der Waals surface area contributed by atoms with Gasteiger partial charge in [0.1, 0.15) is 22.5 Å². The molecule has 0 radical (unpaired) electrons. The molecule has 0 fully saturated rings. The highest BCUT2D eigenvalue weighted by Gasteiger charge is 2.28. The van der Waals surface area contributed by atoms with Crippen molar-refractivity contribution in [3.05, 3.63) is 77.9 Å². The third-order valence-corrected chi connectivity index (χ3v) is 6.52. The summed E-state index contributed by atoms with van der Waals surface area (Å²) >= 11 is 0. The Kier molecular flexibility index (Phi) is 4.74. The number of primary sulfonamides is 1.